The Balaban J connectivity index is 2.20. The molecule has 4 nitrogen and oxygen atoms in total. The van der Waals surface area contributed by atoms with Crippen LogP contribution in [0.1, 0.15) is 54.0 Å². The van der Waals surface area contributed by atoms with Crippen LogP contribution in [-0.4, -0.2) is 16.1 Å². The Kier molecular flexibility index (Phi) is 5.13. The van der Waals surface area contributed by atoms with Crippen LogP contribution in [0.15, 0.2) is 17.6 Å². The summed E-state index contributed by atoms with van der Waals surface area (Å²) in [7, 11) is 0. The predicted octanol–water partition coefficient (Wildman–Crippen LogP) is 4.89. The quantitative estimate of drug-likeness (QED) is 0.810. The van der Waals surface area contributed by atoms with E-state index in [0.717, 1.165) is 17.5 Å². The monoisotopic (exact) mass is 345 g/mol. The second-order valence-corrected chi connectivity index (χ2v) is 6.79. The van der Waals surface area contributed by atoms with E-state index in [-0.39, 0.29) is 5.92 Å². The summed E-state index contributed by atoms with van der Waals surface area (Å²) in [4.78, 5) is 13.1. The van der Waals surface area contributed by atoms with E-state index in [0.29, 0.717) is 11.6 Å². The highest BCUT2D eigenvalue weighted by atomic mass is 32.1. The molecule has 2 heterocycles. The number of amides is 1. The molecular weight excluding hydrogens is 327 g/mol. The first-order chi connectivity index (χ1) is 10.7. The van der Waals surface area contributed by atoms with E-state index in [9.17, 15) is 18.0 Å². The first-order valence-electron chi connectivity index (χ1n) is 7.19. The van der Waals surface area contributed by atoms with Gasteiger partial charge in [-0.2, -0.15) is 18.3 Å². The zero-order valence-corrected chi connectivity index (χ0v) is 13.8. The smallest absolute Gasteiger partial charge is 0.321 e. The molecule has 23 heavy (non-hydrogen) atoms. The fraction of sp³-hybridized carbons (Fsp3) is 0.467. The van der Waals surface area contributed by atoms with Crippen LogP contribution in [0.25, 0.3) is 0 Å². The summed E-state index contributed by atoms with van der Waals surface area (Å²) in [5.41, 5.74) is -1.09. The molecular formula is C15H18F3N3OS. The molecule has 126 valence electrons. The van der Waals surface area contributed by atoms with Crippen molar-refractivity contribution >= 4 is 22.9 Å². The molecule has 2 rings (SSSR count). The second-order valence-electron chi connectivity index (χ2n) is 5.84. The fourth-order valence-corrected chi connectivity index (χ4v) is 3.41. The molecule has 2 N–H and O–H groups in total. The van der Waals surface area contributed by atoms with E-state index in [4.69, 9.17) is 0 Å². The summed E-state index contributed by atoms with van der Waals surface area (Å²) in [6.45, 7) is 6.24. The fourth-order valence-electron chi connectivity index (χ4n) is 2.48. The Bertz CT molecular complexity index is 676. The molecule has 0 aliphatic rings. The molecule has 0 bridgehead atoms. The highest BCUT2D eigenvalue weighted by Crippen LogP contribution is 2.35. The summed E-state index contributed by atoms with van der Waals surface area (Å²) in [6.07, 6.45) is -2.82. The molecule has 0 aromatic carbocycles. The normalized spacial score (nSPS) is 13.3. The topological polar surface area (TPSA) is 57.8 Å². The number of hydrogen-bond donors (Lipinski definition) is 2. The molecule has 2 aromatic heterocycles. The zero-order chi connectivity index (χ0) is 17.2. The number of aromatic nitrogens is 2. The van der Waals surface area contributed by atoms with Crippen LogP contribution in [0.3, 0.4) is 0 Å². The number of thiophene rings is 1. The van der Waals surface area contributed by atoms with Crippen LogP contribution < -0.4 is 5.32 Å². The van der Waals surface area contributed by atoms with Gasteiger partial charge in [0.1, 0.15) is 0 Å². The Morgan fingerprint density at radius 1 is 1.39 bits per heavy atom. The number of nitrogens with zero attached hydrogens (tertiary/aromatic N) is 1. The lowest BCUT2D eigenvalue weighted by molar-refractivity contribution is -0.141. The van der Waals surface area contributed by atoms with Gasteiger partial charge in [0.25, 0.3) is 5.91 Å². The molecule has 1 amide bonds. The second kappa shape index (κ2) is 6.74. The lowest BCUT2D eigenvalue weighted by Gasteiger charge is -2.15. The SMILES string of the molecule is CC(C)CC(C)c1sccc1NC(=O)c1cn[nH]c1C(F)(F)F. The summed E-state index contributed by atoms with van der Waals surface area (Å²) in [5.74, 6) is -0.111. The number of rotatable bonds is 5. The molecule has 1 unspecified atom stereocenters. The third kappa shape index (κ3) is 4.13. The third-order valence-electron chi connectivity index (χ3n) is 3.38. The average molecular weight is 345 g/mol. The van der Waals surface area contributed by atoms with E-state index >= 15 is 0 Å². The number of carbonyl (C=O) groups is 1. The maximum atomic E-state index is 12.8. The van der Waals surface area contributed by atoms with Crippen LogP contribution in [0.4, 0.5) is 18.9 Å². The minimum absolute atomic E-state index is 0.219. The Morgan fingerprint density at radius 2 is 2.09 bits per heavy atom. The minimum atomic E-state index is -4.65. The Labute approximate surface area is 136 Å². The molecule has 2 aromatic rings. The van der Waals surface area contributed by atoms with Gasteiger partial charge in [-0.3, -0.25) is 9.89 Å². The van der Waals surface area contributed by atoms with Crippen LogP contribution >= 0.6 is 11.3 Å². The van der Waals surface area contributed by atoms with Crippen molar-refractivity contribution in [2.24, 2.45) is 5.92 Å². The first kappa shape index (κ1) is 17.5. The number of halogens is 3. The summed E-state index contributed by atoms with van der Waals surface area (Å²) in [6, 6.07) is 1.71. The maximum absolute atomic E-state index is 12.8. The Morgan fingerprint density at radius 3 is 2.70 bits per heavy atom. The van der Waals surface area contributed by atoms with Gasteiger partial charge < -0.3 is 5.32 Å². The molecule has 0 spiro atoms. The van der Waals surface area contributed by atoms with Crippen molar-refractivity contribution in [1.82, 2.24) is 10.2 Å². The van der Waals surface area contributed by atoms with Crippen LogP contribution in [0.5, 0.6) is 0 Å². The van der Waals surface area contributed by atoms with Gasteiger partial charge in [0.2, 0.25) is 0 Å². The van der Waals surface area contributed by atoms with Crippen LogP contribution in [0, 0.1) is 5.92 Å². The van der Waals surface area contributed by atoms with E-state index in [1.807, 2.05) is 17.4 Å². The van der Waals surface area contributed by atoms with E-state index in [1.165, 1.54) is 11.3 Å². The van der Waals surface area contributed by atoms with E-state index < -0.39 is 23.3 Å². The maximum Gasteiger partial charge on any atom is 0.433 e. The first-order valence-corrected chi connectivity index (χ1v) is 8.07. The van der Waals surface area contributed by atoms with Gasteiger partial charge in [-0.05, 0) is 29.7 Å². The number of anilines is 1. The number of H-pyrrole nitrogens is 1. The Hall–Kier alpha value is -1.83. The molecule has 1 atom stereocenters. The molecule has 0 saturated carbocycles. The molecule has 0 aliphatic carbocycles. The average Bonchev–Trinajstić information content (AvgIpc) is 3.05. The van der Waals surface area contributed by atoms with Gasteiger partial charge in [0.05, 0.1) is 17.4 Å². The lowest BCUT2D eigenvalue weighted by atomic mass is 9.97. The molecule has 0 aliphatic heterocycles. The van der Waals surface area contributed by atoms with E-state index in [1.54, 1.807) is 6.07 Å². The predicted molar refractivity (Wildman–Crippen MR) is 83.7 cm³/mol. The summed E-state index contributed by atoms with van der Waals surface area (Å²) in [5, 5.41) is 9.56. The summed E-state index contributed by atoms with van der Waals surface area (Å²) < 4.78 is 38.5. The number of alkyl halides is 3. The number of hydrogen-bond acceptors (Lipinski definition) is 3. The zero-order valence-electron chi connectivity index (χ0n) is 13.0. The van der Waals surface area contributed by atoms with Crippen molar-refractivity contribution in [3.63, 3.8) is 0 Å². The minimum Gasteiger partial charge on any atom is -0.321 e. The van der Waals surface area contributed by atoms with Gasteiger partial charge in [-0.25, -0.2) is 0 Å². The molecule has 8 heteroatoms. The standard InChI is InChI=1S/C15H18F3N3OS/c1-8(2)6-9(3)12-11(4-5-23-12)20-14(22)10-7-19-21-13(10)15(16,17)18/h4-5,7-9H,6H2,1-3H3,(H,19,21)(H,20,22). The van der Waals surface area contributed by atoms with Crippen LogP contribution in [-0.2, 0) is 6.18 Å². The van der Waals surface area contributed by atoms with Crippen LogP contribution in [0.2, 0.25) is 0 Å². The lowest BCUT2D eigenvalue weighted by Crippen LogP contribution is -2.18. The van der Waals surface area contributed by atoms with Gasteiger partial charge in [-0.15, -0.1) is 11.3 Å². The third-order valence-corrected chi connectivity index (χ3v) is 4.53. The highest BCUT2D eigenvalue weighted by Gasteiger charge is 2.37. The highest BCUT2D eigenvalue weighted by molar-refractivity contribution is 7.10. The van der Waals surface area contributed by atoms with E-state index in [2.05, 4.69) is 24.3 Å². The molecule has 0 fully saturated rings. The molecule has 0 saturated heterocycles. The molecule has 0 radical (unpaired) electrons. The van der Waals surface area contributed by atoms with Crippen molar-refractivity contribution in [3.8, 4) is 0 Å². The van der Waals surface area contributed by atoms with Crippen molar-refractivity contribution in [3.05, 3.63) is 33.8 Å². The number of aromatic amines is 1. The summed E-state index contributed by atoms with van der Waals surface area (Å²) >= 11 is 1.49. The van der Waals surface area contributed by atoms with Gasteiger partial charge in [0, 0.05) is 4.88 Å². The van der Waals surface area contributed by atoms with Crippen molar-refractivity contribution < 1.29 is 18.0 Å². The van der Waals surface area contributed by atoms with Crippen molar-refractivity contribution in [1.29, 1.82) is 0 Å². The number of carbonyl (C=O) groups excluding carboxylic acids is 1. The van der Waals surface area contributed by atoms with Gasteiger partial charge in [-0.1, -0.05) is 20.8 Å². The van der Waals surface area contributed by atoms with Crippen molar-refractivity contribution in [2.45, 2.75) is 39.3 Å². The largest absolute Gasteiger partial charge is 0.433 e. The number of nitrogens with one attached hydrogen (secondary N) is 2. The van der Waals surface area contributed by atoms with Gasteiger partial charge in [0.15, 0.2) is 5.69 Å². The van der Waals surface area contributed by atoms with Gasteiger partial charge >= 0.3 is 6.18 Å². The van der Waals surface area contributed by atoms with Crippen molar-refractivity contribution in [2.75, 3.05) is 5.32 Å².